The minimum atomic E-state index is -5.20. The predicted molar refractivity (Wildman–Crippen MR) is 50.5 cm³/mol. The van der Waals surface area contributed by atoms with Crippen LogP contribution in [0.3, 0.4) is 0 Å². The number of hydrogen-bond acceptors (Lipinski definition) is 8. The van der Waals surface area contributed by atoms with Crippen molar-refractivity contribution in [1.29, 1.82) is 0 Å². The van der Waals surface area contributed by atoms with Crippen molar-refractivity contribution in [3.05, 3.63) is 0 Å². The van der Waals surface area contributed by atoms with Gasteiger partial charge < -0.3 is 28.7 Å². The van der Waals surface area contributed by atoms with E-state index in [4.69, 9.17) is 0 Å². The molecule has 0 atom stereocenters. The van der Waals surface area contributed by atoms with Gasteiger partial charge in [-0.1, -0.05) is 6.42 Å². The molecule has 0 bridgehead atoms. The van der Waals surface area contributed by atoms with Crippen molar-refractivity contribution in [2.24, 2.45) is 0 Å². The first-order chi connectivity index (χ1) is 7.55. The molecule has 0 amide bonds. The van der Waals surface area contributed by atoms with Crippen molar-refractivity contribution in [2.45, 2.75) is 32.1 Å². The summed E-state index contributed by atoms with van der Waals surface area (Å²) >= 11 is 0. The molecule has 0 rings (SSSR count). The van der Waals surface area contributed by atoms with E-state index in [9.17, 15) is 38.3 Å². The SMILES string of the molecule is O=C(CCCCCC(=O)P(=O)([O-])[O-])P(=O)([O-])[O-].[H+].[H+].[Na+].[Na+]. The topological polar surface area (TPSA) is 161 Å². The molecule has 0 spiro atoms. The van der Waals surface area contributed by atoms with Crippen molar-refractivity contribution in [2.75, 3.05) is 0 Å². The van der Waals surface area contributed by atoms with Crippen LogP contribution in [-0.2, 0) is 18.7 Å². The average Bonchev–Trinajstić information content (AvgIpc) is 2.13. The molecule has 0 aromatic heterocycles. The molecule has 0 aromatic carbocycles. The Morgan fingerprint density at radius 1 is 0.737 bits per heavy atom. The molecule has 0 heterocycles. The average molecular weight is 332 g/mol. The molecule has 100 valence electrons. The van der Waals surface area contributed by atoms with Crippen LogP contribution < -0.4 is 78.7 Å². The summed E-state index contributed by atoms with van der Waals surface area (Å²) in [6, 6.07) is 0. The molecule has 19 heavy (non-hydrogen) atoms. The van der Waals surface area contributed by atoms with Crippen LogP contribution in [0.15, 0.2) is 0 Å². The largest absolute Gasteiger partial charge is 1.00 e. The van der Waals surface area contributed by atoms with Crippen molar-refractivity contribution < 1.29 is 100 Å². The monoisotopic (exact) mass is 332 g/mol. The van der Waals surface area contributed by atoms with E-state index in [-0.39, 0.29) is 81.2 Å². The molecule has 0 saturated heterocycles. The normalized spacial score (nSPS) is 11.2. The smallest absolute Gasteiger partial charge is 0.805 e. The second-order valence-electron chi connectivity index (χ2n) is 3.34. The Morgan fingerprint density at radius 3 is 1.21 bits per heavy atom. The van der Waals surface area contributed by atoms with Crippen LogP contribution in [-0.4, -0.2) is 11.0 Å². The quantitative estimate of drug-likeness (QED) is 0.240. The molecule has 0 aromatic rings. The third kappa shape index (κ3) is 13.1. The summed E-state index contributed by atoms with van der Waals surface area (Å²) < 4.78 is 20.4. The maximum atomic E-state index is 10.6. The fraction of sp³-hybridized carbons (Fsp3) is 0.714. The number of hydrogen-bond donors (Lipinski definition) is 0. The van der Waals surface area contributed by atoms with Crippen LogP contribution in [0.2, 0.25) is 0 Å². The van der Waals surface area contributed by atoms with Crippen LogP contribution in [0.1, 0.15) is 35.0 Å². The summed E-state index contributed by atoms with van der Waals surface area (Å²) in [5.41, 5.74) is -2.83. The van der Waals surface area contributed by atoms with E-state index >= 15 is 0 Å². The minimum Gasteiger partial charge on any atom is -0.805 e. The molecule has 8 nitrogen and oxygen atoms in total. The Morgan fingerprint density at radius 2 is 1.00 bits per heavy atom. The Kier molecular flexibility index (Phi) is 15.1. The molecule has 0 aliphatic heterocycles. The van der Waals surface area contributed by atoms with E-state index in [0.717, 1.165) is 0 Å². The van der Waals surface area contributed by atoms with E-state index in [1.54, 1.807) is 0 Å². The predicted octanol–water partition coefficient (Wildman–Crippen LogP) is -7.95. The van der Waals surface area contributed by atoms with Crippen LogP contribution in [0, 0.1) is 0 Å². The van der Waals surface area contributed by atoms with Gasteiger partial charge in [0, 0.05) is 28.0 Å². The van der Waals surface area contributed by atoms with Gasteiger partial charge in [0.15, 0.2) is 11.0 Å². The molecular weight excluding hydrogens is 320 g/mol. The van der Waals surface area contributed by atoms with Gasteiger partial charge in [0.25, 0.3) is 0 Å². The first-order valence-corrected chi connectivity index (χ1v) is 7.74. The summed E-state index contributed by atoms with van der Waals surface area (Å²) in [6.45, 7) is 0. The van der Waals surface area contributed by atoms with Gasteiger partial charge in [-0.3, -0.25) is 9.59 Å². The zero-order chi connectivity index (χ0) is 13.7. The summed E-state index contributed by atoms with van der Waals surface area (Å²) in [7, 11) is -10.4. The van der Waals surface area contributed by atoms with Gasteiger partial charge in [0.05, 0.1) is 0 Å². The summed E-state index contributed by atoms with van der Waals surface area (Å²) in [5, 5.41) is 0. The third-order valence-corrected chi connectivity index (χ3v) is 3.56. The van der Waals surface area contributed by atoms with Crippen LogP contribution >= 0.6 is 15.2 Å². The van der Waals surface area contributed by atoms with Crippen molar-refractivity contribution in [3.63, 3.8) is 0 Å². The standard InChI is InChI=1S/C7H14O8P2.2Na/c8-6(16(10,11)12)4-2-1-3-5-7(9)17(13,14)15;;/h1-5H2,(H2,10,11,12)(H2,13,14,15);;/q;2*+1/p-2. The number of carbonyl (C=O) groups excluding carboxylic acids is 2. The van der Waals surface area contributed by atoms with Crippen molar-refractivity contribution in [3.8, 4) is 0 Å². The molecule has 0 unspecified atom stereocenters. The van der Waals surface area contributed by atoms with Gasteiger partial charge in [-0.2, -0.15) is 0 Å². The first-order valence-electron chi connectivity index (χ1n) is 4.66. The molecule has 12 heteroatoms. The van der Waals surface area contributed by atoms with E-state index in [1.807, 2.05) is 0 Å². The number of carbonyl (C=O) groups is 2. The maximum absolute atomic E-state index is 10.6. The first kappa shape index (κ1) is 25.6. The van der Waals surface area contributed by atoms with E-state index < -0.39 is 39.1 Å². The number of unbranched alkanes of at least 4 members (excludes halogenated alkanes) is 2. The Bertz CT molecular complexity index is 360. The second-order valence-corrected chi connectivity index (χ2v) is 6.33. The Hall–Kier alpha value is 1.64. The molecule has 0 radical (unpaired) electrons. The molecule has 0 saturated carbocycles. The second kappa shape index (κ2) is 11.2. The van der Waals surface area contributed by atoms with Crippen molar-refractivity contribution >= 4 is 26.2 Å². The van der Waals surface area contributed by atoms with Gasteiger partial charge in [0.1, 0.15) is 0 Å². The maximum Gasteiger partial charge on any atom is 1.00 e. The fourth-order valence-electron chi connectivity index (χ4n) is 1.00. The summed E-state index contributed by atoms with van der Waals surface area (Å²) in [6.07, 6.45) is -0.668. The van der Waals surface area contributed by atoms with Gasteiger partial charge in [-0.15, -0.1) is 0 Å². The van der Waals surface area contributed by atoms with Crippen LogP contribution in [0.25, 0.3) is 0 Å². The van der Waals surface area contributed by atoms with Crippen LogP contribution in [0.4, 0.5) is 0 Å². The molecule has 0 aliphatic rings. The van der Waals surface area contributed by atoms with Gasteiger partial charge in [-0.05, 0) is 12.8 Å². The number of rotatable bonds is 8. The molecule has 0 N–H and O–H groups in total. The molecule has 0 aliphatic carbocycles. The van der Waals surface area contributed by atoms with E-state index in [1.165, 1.54) is 0 Å². The molecule has 0 fully saturated rings. The summed E-state index contributed by atoms with van der Waals surface area (Å²) in [5.74, 6) is 0. The zero-order valence-corrected chi connectivity index (χ0v) is 16.5. The van der Waals surface area contributed by atoms with Crippen molar-refractivity contribution in [1.82, 2.24) is 0 Å². The fourth-order valence-corrected chi connectivity index (χ4v) is 1.87. The van der Waals surface area contributed by atoms with Gasteiger partial charge in [-0.25, -0.2) is 0 Å². The van der Waals surface area contributed by atoms with Gasteiger partial charge >= 0.3 is 62.0 Å². The summed E-state index contributed by atoms with van der Waals surface area (Å²) in [4.78, 5) is 62.0. The molecular formula is C7H12Na2O8P2. The van der Waals surface area contributed by atoms with Crippen LogP contribution in [0.5, 0.6) is 0 Å². The Balaban J connectivity index is -0.000000213. The van der Waals surface area contributed by atoms with Gasteiger partial charge in [0.2, 0.25) is 0 Å². The third-order valence-electron chi connectivity index (χ3n) is 1.89. The minimum absolute atomic E-state index is 0. The van der Waals surface area contributed by atoms with E-state index in [2.05, 4.69) is 0 Å². The van der Waals surface area contributed by atoms with E-state index in [0.29, 0.717) is 0 Å². The Labute approximate surface area is 157 Å². The zero-order valence-electron chi connectivity index (χ0n) is 12.7.